The van der Waals surface area contributed by atoms with E-state index in [1.54, 1.807) is 0 Å². The van der Waals surface area contributed by atoms with E-state index in [9.17, 15) is 4.79 Å². The maximum absolute atomic E-state index is 12.4. The number of hydrogen-bond acceptors (Lipinski definition) is 3. The molecule has 0 fully saturated rings. The fourth-order valence-electron chi connectivity index (χ4n) is 2.83. The minimum Gasteiger partial charge on any atom is -0.387 e. The molecule has 0 radical (unpaired) electrons. The summed E-state index contributed by atoms with van der Waals surface area (Å²) in [6.45, 7) is 7.08. The molecule has 1 aliphatic heterocycles. The summed E-state index contributed by atoms with van der Waals surface area (Å²) >= 11 is 0. The van der Waals surface area contributed by atoms with Gasteiger partial charge in [-0.15, -0.1) is 0 Å². The van der Waals surface area contributed by atoms with Crippen LogP contribution in [0.5, 0.6) is 0 Å². The van der Waals surface area contributed by atoms with Crippen molar-refractivity contribution < 1.29 is 4.79 Å². The van der Waals surface area contributed by atoms with Crippen molar-refractivity contribution in [3.05, 3.63) is 23.4 Å². The van der Waals surface area contributed by atoms with Crippen LogP contribution in [-0.2, 0) is 4.79 Å². The van der Waals surface area contributed by atoms with Crippen LogP contribution in [0.2, 0.25) is 0 Å². The van der Waals surface area contributed by atoms with E-state index in [-0.39, 0.29) is 5.92 Å². The molecule has 0 aromatic rings. The van der Waals surface area contributed by atoms with Gasteiger partial charge in [-0.05, 0) is 30.9 Å². The zero-order valence-corrected chi connectivity index (χ0v) is 11.5. The Bertz CT molecular complexity index is 371. The van der Waals surface area contributed by atoms with Gasteiger partial charge in [0.2, 0.25) is 0 Å². The third-order valence-electron chi connectivity index (χ3n) is 3.82. The van der Waals surface area contributed by atoms with Gasteiger partial charge < -0.3 is 10.6 Å². The molecule has 18 heavy (non-hydrogen) atoms. The number of rotatable bonds is 6. The third-order valence-corrected chi connectivity index (χ3v) is 3.82. The number of allylic oxidation sites excluding steroid dienone is 3. The summed E-state index contributed by atoms with van der Waals surface area (Å²) in [5, 5.41) is 6.71. The van der Waals surface area contributed by atoms with E-state index >= 15 is 0 Å². The lowest BCUT2D eigenvalue weighted by Crippen LogP contribution is -2.32. The second kappa shape index (κ2) is 6.19. The molecule has 2 atom stereocenters. The number of ketones is 1. The molecule has 2 unspecified atom stereocenters. The Morgan fingerprint density at radius 2 is 2.33 bits per heavy atom. The van der Waals surface area contributed by atoms with Crippen molar-refractivity contribution in [2.24, 2.45) is 11.8 Å². The lowest BCUT2D eigenvalue weighted by molar-refractivity contribution is -0.122. The highest BCUT2D eigenvalue weighted by Gasteiger charge is 2.32. The molecular weight excluding hydrogens is 224 g/mol. The number of hydrogen-bond donors (Lipinski definition) is 2. The van der Waals surface area contributed by atoms with Crippen LogP contribution in [-0.4, -0.2) is 25.4 Å². The Kier molecular flexibility index (Phi) is 4.59. The van der Waals surface area contributed by atoms with E-state index in [4.69, 9.17) is 0 Å². The van der Waals surface area contributed by atoms with Gasteiger partial charge in [0.05, 0.1) is 5.92 Å². The Labute approximate surface area is 110 Å². The fourth-order valence-corrected chi connectivity index (χ4v) is 2.83. The zero-order valence-electron chi connectivity index (χ0n) is 11.5. The lowest BCUT2D eigenvalue weighted by Gasteiger charge is -2.26. The second-order valence-corrected chi connectivity index (χ2v) is 5.28. The molecule has 2 N–H and O–H groups in total. The monoisotopic (exact) mass is 248 g/mol. The minimum absolute atomic E-state index is 0.0657. The van der Waals surface area contributed by atoms with Gasteiger partial charge in [-0.3, -0.25) is 4.79 Å². The topological polar surface area (TPSA) is 41.1 Å². The number of Topliss-reactive ketones (excluding diaryl/α,β-unsaturated/α-hetero) is 1. The fraction of sp³-hybridized carbons (Fsp3) is 0.667. The van der Waals surface area contributed by atoms with Crippen molar-refractivity contribution in [3.8, 4) is 0 Å². The SMILES string of the molecule is CCCNCCC(=O)C1C2=C(C=CC1C)CCN2. The molecule has 0 saturated heterocycles. The first kappa shape index (κ1) is 13.3. The highest BCUT2D eigenvalue weighted by Crippen LogP contribution is 2.33. The van der Waals surface area contributed by atoms with Crippen LogP contribution < -0.4 is 10.6 Å². The van der Waals surface area contributed by atoms with Crippen molar-refractivity contribution >= 4 is 5.78 Å². The second-order valence-electron chi connectivity index (χ2n) is 5.28. The maximum atomic E-state index is 12.4. The van der Waals surface area contributed by atoms with Crippen LogP contribution in [0.25, 0.3) is 0 Å². The molecule has 0 aromatic heterocycles. The van der Waals surface area contributed by atoms with Crippen LogP contribution in [0.3, 0.4) is 0 Å². The molecule has 1 aliphatic carbocycles. The van der Waals surface area contributed by atoms with Gasteiger partial charge in [-0.2, -0.15) is 0 Å². The van der Waals surface area contributed by atoms with Crippen LogP contribution in [0.15, 0.2) is 23.4 Å². The average molecular weight is 248 g/mol. The average Bonchev–Trinajstić information content (AvgIpc) is 2.82. The Morgan fingerprint density at radius 3 is 3.11 bits per heavy atom. The van der Waals surface area contributed by atoms with Crippen LogP contribution >= 0.6 is 0 Å². The summed E-state index contributed by atoms with van der Waals surface area (Å²) in [5.74, 6) is 0.765. The molecular formula is C15H24N2O. The highest BCUT2D eigenvalue weighted by molar-refractivity contribution is 5.85. The summed E-state index contributed by atoms with van der Waals surface area (Å²) in [6.07, 6.45) is 7.21. The molecule has 1 heterocycles. The Balaban J connectivity index is 1.94. The van der Waals surface area contributed by atoms with Gasteiger partial charge in [-0.25, -0.2) is 0 Å². The molecule has 2 rings (SSSR count). The first-order chi connectivity index (χ1) is 8.74. The van der Waals surface area contributed by atoms with E-state index in [1.807, 2.05) is 0 Å². The lowest BCUT2D eigenvalue weighted by atomic mass is 9.80. The van der Waals surface area contributed by atoms with E-state index in [2.05, 4.69) is 36.6 Å². The first-order valence-corrected chi connectivity index (χ1v) is 7.12. The van der Waals surface area contributed by atoms with Crippen LogP contribution in [0.4, 0.5) is 0 Å². The summed E-state index contributed by atoms with van der Waals surface area (Å²) in [7, 11) is 0. The van der Waals surface area contributed by atoms with Gasteiger partial charge in [0.25, 0.3) is 0 Å². The molecule has 100 valence electrons. The summed E-state index contributed by atoms with van der Waals surface area (Å²) in [5.41, 5.74) is 2.54. The summed E-state index contributed by atoms with van der Waals surface area (Å²) in [4.78, 5) is 12.4. The Morgan fingerprint density at radius 1 is 1.50 bits per heavy atom. The van der Waals surface area contributed by atoms with Gasteiger partial charge >= 0.3 is 0 Å². The predicted octanol–water partition coefficient (Wildman–Crippen LogP) is 2.01. The number of carbonyl (C=O) groups is 1. The first-order valence-electron chi connectivity index (χ1n) is 7.12. The molecule has 3 nitrogen and oxygen atoms in total. The highest BCUT2D eigenvalue weighted by atomic mass is 16.1. The van der Waals surface area contributed by atoms with Crippen molar-refractivity contribution in [2.45, 2.75) is 33.1 Å². The molecule has 0 bridgehead atoms. The molecule has 0 spiro atoms. The predicted molar refractivity (Wildman–Crippen MR) is 74.2 cm³/mol. The molecule has 3 heteroatoms. The Hall–Kier alpha value is -1.09. The zero-order chi connectivity index (χ0) is 13.0. The largest absolute Gasteiger partial charge is 0.387 e. The third kappa shape index (κ3) is 2.83. The van der Waals surface area contributed by atoms with Crippen molar-refractivity contribution in [2.75, 3.05) is 19.6 Å². The minimum atomic E-state index is 0.0657. The molecule has 0 amide bonds. The van der Waals surface area contributed by atoms with Gasteiger partial charge in [-0.1, -0.05) is 26.0 Å². The molecule has 0 aromatic carbocycles. The maximum Gasteiger partial charge on any atom is 0.143 e. The van der Waals surface area contributed by atoms with Crippen LogP contribution in [0, 0.1) is 11.8 Å². The standard InChI is InChI=1S/C15H24N2O/c1-3-8-16-9-7-13(18)14-11(2)4-5-12-6-10-17-15(12)14/h4-5,11,14,16-17H,3,6-10H2,1-2H3. The van der Waals surface area contributed by atoms with Gasteiger partial charge in [0.1, 0.15) is 5.78 Å². The van der Waals surface area contributed by atoms with E-state index in [0.717, 1.165) is 32.5 Å². The smallest absolute Gasteiger partial charge is 0.143 e. The number of nitrogens with one attached hydrogen (secondary N) is 2. The number of carbonyl (C=O) groups excluding carboxylic acids is 1. The van der Waals surface area contributed by atoms with E-state index < -0.39 is 0 Å². The van der Waals surface area contributed by atoms with Gasteiger partial charge in [0, 0.05) is 25.2 Å². The van der Waals surface area contributed by atoms with Crippen molar-refractivity contribution in [1.82, 2.24) is 10.6 Å². The summed E-state index contributed by atoms with van der Waals surface area (Å²) in [6, 6.07) is 0. The molecule has 0 saturated carbocycles. The normalized spacial score (nSPS) is 26.1. The van der Waals surface area contributed by atoms with Crippen LogP contribution in [0.1, 0.15) is 33.1 Å². The van der Waals surface area contributed by atoms with Crippen molar-refractivity contribution in [1.29, 1.82) is 0 Å². The van der Waals surface area contributed by atoms with Crippen molar-refractivity contribution in [3.63, 3.8) is 0 Å². The van der Waals surface area contributed by atoms with E-state index in [0.29, 0.717) is 18.1 Å². The molecule has 2 aliphatic rings. The summed E-state index contributed by atoms with van der Waals surface area (Å²) < 4.78 is 0. The quantitative estimate of drug-likeness (QED) is 0.707. The van der Waals surface area contributed by atoms with Gasteiger partial charge in [0.15, 0.2) is 0 Å². The van der Waals surface area contributed by atoms with E-state index in [1.165, 1.54) is 11.3 Å².